The lowest BCUT2D eigenvalue weighted by Crippen LogP contribution is -2.30. The minimum Gasteiger partial charge on any atom is -0.492 e. The molecular weight excluding hydrogens is 261 g/mol. The van der Waals surface area contributed by atoms with Crippen LogP contribution in [0, 0.1) is 5.41 Å². The molecular formula is C13H13F3O3. The average molecular weight is 274 g/mol. The van der Waals surface area contributed by atoms with Crippen LogP contribution in [0.25, 0.3) is 0 Å². The van der Waals surface area contributed by atoms with E-state index < -0.39 is 24.2 Å². The summed E-state index contributed by atoms with van der Waals surface area (Å²) in [6.07, 6.45) is -4.40. The molecule has 0 bridgehead atoms. The molecule has 0 spiro atoms. The van der Waals surface area contributed by atoms with Crippen LogP contribution in [-0.2, 0) is 11.2 Å². The zero-order valence-electron chi connectivity index (χ0n) is 10.0. The summed E-state index contributed by atoms with van der Waals surface area (Å²) in [7, 11) is 0. The molecule has 0 aromatic heterocycles. The van der Waals surface area contributed by atoms with E-state index in [-0.39, 0.29) is 25.0 Å². The molecule has 1 aliphatic rings. The van der Waals surface area contributed by atoms with E-state index in [9.17, 15) is 18.0 Å². The highest BCUT2D eigenvalue weighted by Crippen LogP contribution is 2.57. The highest BCUT2D eigenvalue weighted by molar-refractivity contribution is 5.71. The Kier molecular flexibility index (Phi) is 3.43. The van der Waals surface area contributed by atoms with Crippen molar-refractivity contribution in [2.45, 2.75) is 25.4 Å². The zero-order valence-corrected chi connectivity index (χ0v) is 10.0. The molecule has 0 saturated heterocycles. The van der Waals surface area contributed by atoms with Crippen LogP contribution in [0.4, 0.5) is 13.2 Å². The molecule has 0 heterocycles. The molecule has 0 atom stereocenters. The first kappa shape index (κ1) is 13.7. The first-order chi connectivity index (χ1) is 8.84. The predicted octanol–water partition coefficient (Wildman–Crippen LogP) is 3.04. The normalized spacial score (nSPS) is 17.0. The van der Waals surface area contributed by atoms with E-state index in [1.54, 1.807) is 12.1 Å². The van der Waals surface area contributed by atoms with E-state index in [1.165, 1.54) is 12.1 Å². The summed E-state index contributed by atoms with van der Waals surface area (Å²) in [5.41, 5.74) is -1.36. The molecule has 1 aliphatic carbocycles. The van der Waals surface area contributed by atoms with Crippen molar-refractivity contribution in [1.29, 1.82) is 0 Å². The van der Waals surface area contributed by atoms with Gasteiger partial charge < -0.3 is 9.84 Å². The van der Waals surface area contributed by atoms with Crippen LogP contribution in [-0.4, -0.2) is 23.9 Å². The molecule has 3 nitrogen and oxygen atoms in total. The van der Waals surface area contributed by atoms with Crippen LogP contribution in [0.3, 0.4) is 0 Å². The summed E-state index contributed by atoms with van der Waals surface area (Å²) in [5.74, 6) is -0.839. The van der Waals surface area contributed by atoms with E-state index >= 15 is 0 Å². The van der Waals surface area contributed by atoms with Gasteiger partial charge in [-0.2, -0.15) is 13.2 Å². The minimum atomic E-state index is -4.27. The molecule has 19 heavy (non-hydrogen) atoms. The lowest BCUT2D eigenvalue weighted by Gasteiger charge is -2.20. The largest absolute Gasteiger partial charge is 0.492 e. The number of carboxylic acid groups (broad SMARTS) is 1. The molecule has 2 rings (SSSR count). The first-order valence-corrected chi connectivity index (χ1v) is 5.83. The van der Waals surface area contributed by atoms with Crippen molar-refractivity contribution in [2.24, 2.45) is 5.41 Å². The number of para-hydroxylation sites is 1. The maximum Gasteiger partial charge on any atom is 0.397 e. The predicted molar refractivity (Wildman–Crippen MR) is 61.0 cm³/mol. The number of carbonyl (C=O) groups is 1. The number of halogens is 3. The van der Waals surface area contributed by atoms with Gasteiger partial charge in [-0.3, -0.25) is 4.79 Å². The van der Waals surface area contributed by atoms with Gasteiger partial charge in [0.15, 0.2) is 0 Å². The zero-order chi connectivity index (χ0) is 14.1. The van der Waals surface area contributed by atoms with Gasteiger partial charge in [0, 0.05) is 5.56 Å². The Hall–Kier alpha value is -1.72. The molecule has 104 valence electrons. The van der Waals surface area contributed by atoms with Gasteiger partial charge in [0.1, 0.15) is 17.8 Å². The van der Waals surface area contributed by atoms with Gasteiger partial charge >= 0.3 is 12.1 Å². The van der Waals surface area contributed by atoms with Crippen molar-refractivity contribution in [3.8, 4) is 5.75 Å². The quantitative estimate of drug-likeness (QED) is 0.897. The molecule has 1 aromatic carbocycles. The summed E-state index contributed by atoms with van der Waals surface area (Å²) in [6, 6.07) is 6.26. The van der Waals surface area contributed by atoms with Crippen molar-refractivity contribution >= 4 is 5.97 Å². The Morgan fingerprint density at radius 2 is 1.95 bits per heavy atom. The van der Waals surface area contributed by atoms with Crippen molar-refractivity contribution in [3.63, 3.8) is 0 Å². The van der Waals surface area contributed by atoms with Crippen molar-refractivity contribution in [2.75, 3.05) is 6.61 Å². The standard InChI is InChI=1S/C13H13F3O3/c14-13(15,16)12(5-6-12)8-19-10-4-2-1-3-9(10)7-11(17)18/h1-4H,5-8H2,(H,17,18). The fraction of sp³-hybridized carbons (Fsp3) is 0.462. The van der Waals surface area contributed by atoms with Crippen molar-refractivity contribution in [3.05, 3.63) is 29.8 Å². The first-order valence-electron chi connectivity index (χ1n) is 5.83. The molecule has 0 amide bonds. The highest BCUT2D eigenvalue weighted by Gasteiger charge is 2.63. The summed E-state index contributed by atoms with van der Waals surface area (Å²) in [5, 5.41) is 8.73. The highest BCUT2D eigenvalue weighted by atomic mass is 19.4. The molecule has 0 aliphatic heterocycles. The van der Waals surface area contributed by atoms with Crippen LogP contribution < -0.4 is 4.74 Å². The van der Waals surface area contributed by atoms with Gasteiger partial charge in [0.05, 0.1) is 6.42 Å². The number of hydrogen-bond donors (Lipinski definition) is 1. The van der Waals surface area contributed by atoms with E-state index in [0.29, 0.717) is 5.56 Å². The maximum absolute atomic E-state index is 12.7. The SMILES string of the molecule is O=C(O)Cc1ccccc1OCC1(C(F)(F)F)CC1. The smallest absolute Gasteiger partial charge is 0.397 e. The van der Waals surface area contributed by atoms with Gasteiger partial charge in [-0.1, -0.05) is 18.2 Å². The Balaban J connectivity index is 2.06. The number of rotatable bonds is 5. The number of alkyl halides is 3. The molecule has 6 heteroatoms. The molecule has 1 fully saturated rings. The Morgan fingerprint density at radius 1 is 1.32 bits per heavy atom. The second-order valence-corrected chi connectivity index (χ2v) is 4.75. The molecule has 1 saturated carbocycles. The van der Waals surface area contributed by atoms with E-state index in [1.807, 2.05) is 0 Å². The van der Waals surface area contributed by atoms with Crippen LogP contribution in [0.5, 0.6) is 5.75 Å². The number of benzene rings is 1. The summed E-state index contributed by atoms with van der Waals surface area (Å²) in [6.45, 7) is -0.451. The number of aliphatic carboxylic acids is 1. The third-order valence-electron chi connectivity index (χ3n) is 3.27. The topological polar surface area (TPSA) is 46.5 Å². The Bertz CT molecular complexity index is 478. The summed E-state index contributed by atoms with van der Waals surface area (Å²) >= 11 is 0. The van der Waals surface area contributed by atoms with Gasteiger partial charge in [-0.25, -0.2) is 0 Å². The Morgan fingerprint density at radius 3 is 2.47 bits per heavy atom. The lowest BCUT2D eigenvalue weighted by molar-refractivity contribution is -0.194. The maximum atomic E-state index is 12.7. The number of ether oxygens (including phenoxy) is 1. The van der Waals surface area contributed by atoms with E-state index in [2.05, 4.69) is 0 Å². The monoisotopic (exact) mass is 274 g/mol. The van der Waals surface area contributed by atoms with Crippen LogP contribution in [0.15, 0.2) is 24.3 Å². The minimum absolute atomic E-state index is 0.0671. The van der Waals surface area contributed by atoms with E-state index in [4.69, 9.17) is 9.84 Å². The molecule has 0 radical (unpaired) electrons. The molecule has 0 unspecified atom stereocenters. The third-order valence-corrected chi connectivity index (χ3v) is 3.27. The van der Waals surface area contributed by atoms with Crippen molar-refractivity contribution in [1.82, 2.24) is 0 Å². The molecule has 1 aromatic rings. The second-order valence-electron chi connectivity index (χ2n) is 4.75. The van der Waals surface area contributed by atoms with Gasteiger partial charge in [0.2, 0.25) is 0 Å². The van der Waals surface area contributed by atoms with Crippen LogP contribution in [0.2, 0.25) is 0 Å². The number of carboxylic acids is 1. The van der Waals surface area contributed by atoms with Crippen LogP contribution in [0.1, 0.15) is 18.4 Å². The van der Waals surface area contributed by atoms with Crippen molar-refractivity contribution < 1.29 is 27.8 Å². The molecule has 1 N–H and O–H groups in total. The fourth-order valence-corrected chi connectivity index (χ4v) is 1.83. The summed E-state index contributed by atoms with van der Waals surface area (Å²) in [4.78, 5) is 10.7. The number of hydrogen-bond acceptors (Lipinski definition) is 2. The Labute approximate surface area is 108 Å². The van der Waals surface area contributed by atoms with Gasteiger partial charge in [0.25, 0.3) is 0 Å². The lowest BCUT2D eigenvalue weighted by atomic mass is 10.1. The summed E-state index contributed by atoms with van der Waals surface area (Å²) < 4.78 is 43.4. The third kappa shape index (κ3) is 3.00. The van der Waals surface area contributed by atoms with Gasteiger partial charge in [-0.15, -0.1) is 0 Å². The van der Waals surface area contributed by atoms with Crippen LogP contribution >= 0.6 is 0 Å². The van der Waals surface area contributed by atoms with E-state index in [0.717, 1.165) is 0 Å². The second kappa shape index (κ2) is 4.75. The van der Waals surface area contributed by atoms with Gasteiger partial charge in [-0.05, 0) is 18.9 Å². The average Bonchev–Trinajstić information content (AvgIpc) is 3.07. The fourth-order valence-electron chi connectivity index (χ4n) is 1.83.